The van der Waals surface area contributed by atoms with Gasteiger partial charge in [0.15, 0.2) is 0 Å². The van der Waals surface area contributed by atoms with Crippen molar-refractivity contribution in [3.63, 3.8) is 0 Å². The lowest BCUT2D eigenvalue weighted by molar-refractivity contribution is 0.943. The van der Waals surface area contributed by atoms with Gasteiger partial charge in [-0.2, -0.15) is 0 Å². The number of hydrogen-bond acceptors (Lipinski definition) is 1. The van der Waals surface area contributed by atoms with Crippen LogP contribution in [0.4, 0.5) is 0 Å². The number of benzene rings is 7. The molecule has 1 aliphatic carbocycles. The van der Waals surface area contributed by atoms with Gasteiger partial charge in [-0.3, -0.25) is 0 Å². The second-order valence-corrected chi connectivity index (χ2v) is 13.1. The molecule has 212 valence electrons. The summed E-state index contributed by atoms with van der Waals surface area (Å²) < 4.78 is 2.74. The summed E-state index contributed by atoms with van der Waals surface area (Å²) >= 11 is 1.91. The first-order valence-corrected chi connectivity index (χ1v) is 16.5. The molecule has 0 amide bonds. The summed E-state index contributed by atoms with van der Waals surface area (Å²) in [6.45, 7) is 0. The van der Waals surface area contributed by atoms with Gasteiger partial charge in [0.2, 0.25) is 0 Å². The minimum absolute atomic E-state index is 1.05. The summed E-state index contributed by atoms with van der Waals surface area (Å²) in [5.74, 6) is 0. The van der Waals surface area contributed by atoms with E-state index in [-0.39, 0.29) is 0 Å². The maximum absolute atomic E-state index is 2.45. The average molecular weight is 591 g/mol. The Morgan fingerprint density at radius 2 is 0.867 bits per heavy atom. The van der Waals surface area contributed by atoms with Gasteiger partial charge in [-0.1, -0.05) is 133 Å². The number of hydrogen-bond donors (Lipinski definition) is 0. The topological polar surface area (TPSA) is 0 Å². The molecule has 7 aromatic carbocycles. The van der Waals surface area contributed by atoms with Crippen molar-refractivity contribution in [2.45, 2.75) is 12.8 Å². The summed E-state index contributed by atoms with van der Waals surface area (Å²) in [7, 11) is 0. The average Bonchev–Trinajstić information content (AvgIpc) is 3.51. The largest absolute Gasteiger partial charge is 0.135 e. The van der Waals surface area contributed by atoms with Crippen molar-refractivity contribution in [1.29, 1.82) is 0 Å². The molecular weight excluding hydrogens is 561 g/mol. The Morgan fingerprint density at radius 1 is 0.333 bits per heavy atom. The van der Waals surface area contributed by atoms with Gasteiger partial charge in [0.05, 0.1) is 0 Å². The van der Waals surface area contributed by atoms with Crippen molar-refractivity contribution in [1.82, 2.24) is 0 Å². The predicted octanol–water partition coefficient (Wildman–Crippen LogP) is 12.5. The van der Waals surface area contributed by atoms with Gasteiger partial charge in [-0.05, 0) is 104 Å². The highest BCUT2D eigenvalue weighted by Crippen LogP contribution is 2.43. The zero-order valence-electron chi connectivity index (χ0n) is 24.8. The fraction of sp³-hybridized carbons (Fsp3) is 0.0455. The van der Waals surface area contributed by atoms with Crippen LogP contribution in [0, 0.1) is 0 Å². The molecule has 0 unspecified atom stereocenters. The van der Waals surface area contributed by atoms with Crippen molar-refractivity contribution >= 4 is 31.5 Å². The summed E-state index contributed by atoms with van der Waals surface area (Å²) in [6.07, 6.45) is 2.11. The number of fused-ring (bicyclic) bond motifs is 6. The molecule has 0 saturated heterocycles. The highest BCUT2D eigenvalue weighted by atomic mass is 32.1. The van der Waals surface area contributed by atoms with Gasteiger partial charge >= 0.3 is 0 Å². The first kappa shape index (κ1) is 26.2. The van der Waals surface area contributed by atoms with E-state index in [0.29, 0.717) is 0 Å². The molecular formula is C44H30S. The molecule has 1 heteroatoms. The van der Waals surface area contributed by atoms with Crippen LogP contribution < -0.4 is 0 Å². The van der Waals surface area contributed by atoms with Crippen LogP contribution in [0.3, 0.4) is 0 Å². The summed E-state index contributed by atoms with van der Waals surface area (Å²) in [5, 5.41) is 2.71. The second kappa shape index (κ2) is 10.7. The molecule has 1 heterocycles. The first-order chi connectivity index (χ1) is 22.3. The smallest absolute Gasteiger partial charge is 0.0433 e. The maximum atomic E-state index is 2.45. The molecule has 9 rings (SSSR count). The lowest BCUT2D eigenvalue weighted by Crippen LogP contribution is -2.04. The standard InChI is InChI=1S/C44H30S/c1-3-10-29(11-4-1)35-26-36(30-12-5-2-6-13-30)28-37(27-35)31-20-22-38-32(24-31)18-19-33-25-34(21-23-39(33)38)40-15-9-16-42-41-14-7-8-17-43(41)45-44(40)42/h1-17,20-28H,18-19H2. The van der Waals surface area contributed by atoms with Crippen LogP contribution in [-0.4, -0.2) is 0 Å². The third-order valence-corrected chi connectivity index (χ3v) is 10.6. The van der Waals surface area contributed by atoms with Crippen LogP contribution in [0.2, 0.25) is 0 Å². The molecule has 0 N–H and O–H groups in total. The van der Waals surface area contributed by atoms with E-state index in [0.717, 1.165) is 12.8 Å². The summed E-state index contributed by atoms with van der Waals surface area (Å²) in [6, 6.07) is 58.2. The minimum atomic E-state index is 1.05. The van der Waals surface area contributed by atoms with Crippen molar-refractivity contribution in [2.75, 3.05) is 0 Å². The Morgan fingerprint density at radius 3 is 1.53 bits per heavy atom. The third-order valence-electron chi connectivity index (χ3n) is 9.36. The molecule has 45 heavy (non-hydrogen) atoms. The van der Waals surface area contributed by atoms with Crippen LogP contribution in [0.1, 0.15) is 11.1 Å². The Hall–Kier alpha value is -5.24. The normalized spacial score (nSPS) is 12.3. The van der Waals surface area contributed by atoms with Crippen LogP contribution in [0.15, 0.2) is 158 Å². The van der Waals surface area contributed by atoms with Crippen LogP contribution >= 0.6 is 11.3 Å². The van der Waals surface area contributed by atoms with Gasteiger partial charge in [0, 0.05) is 20.2 Å². The lowest BCUT2D eigenvalue weighted by atomic mass is 9.82. The summed E-state index contributed by atoms with van der Waals surface area (Å²) in [5.41, 5.74) is 15.8. The van der Waals surface area contributed by atoms with Crippen LogP contribution in [0.5, 0.6) is 0 Å². The second-order valence-electron chi connectivity index (χ2n) is 12.1. The van der Waals surface area contributed by atoms with E-state index < -0.39 is 0 Å². The van der Waals surface area contributed by atoms with E-state index in [1.165, 1.54) is 86.9 Å². The van der Waals surface area contributed by atoms with Crippen molar-refractivity contribution in [3.05, 3.63) is 169 Å². The highest BCUT2D eigenvalue weighted by molar-refractivity contribution is 7.26. The van der Waals surface area contributed by atoms with E-state index in [1.807, 2.05) is 11.3 Å². The minimum Gasteiger partial charge on any atom is -0.135 e. The molecule has 0 spiro atoms. The lowest BCUT2D eigenvalue weighted by Gasteiger charge is -2.22. The number of rotatable bonds is 4. The molecule has 0 atom stereocenters. The Labute approximate surface area is 267 Å². The van der Waals surface area contributed by atoms with Gasteiger partial charge in [-0.25, -0.2) is 0 Å². The van der Waals surface area contributed by atoms with E-state index in [1.54, 1.807) is 0 Å². The monoisotopic (exact) mass is 590 g/mol. The Kier molecular flexibility index (Phi) is 6.25. The summed E-state index contributed by atoms with van der Waals surface area (Å²) in [4.78, 5) is 0. The predicted molar refractivity (Wildman–Crippen MR) is 194 cm³/mol. The van der Waals surface area contributed by atoms with Crippen LogP contribution in [-0.2, 0) is 12.8 Å². The quantitative estimate of drug-likeness (QED) is 0.191. The number of aryl methyl sites for hydroxylation is 2. The number of thiophene rings is 1. The highest BCUT2D eigenvalue weighted by Gasteiger charge is 2.19. The fourth-order valence-corrected chi connectivity index (χ4v) is 8.34. The molecule has 1 aromatic heterocycles. The zero-order chi connectivity index (χ0) is 29.7. The zero-order valence-corrected chi connectivity index (χ0v) is 25.7. The van der Waals surface area contributed by atoms with Crippen molar-refractivity contribution in [2.24, 2.45) is 0 Å². The molecule has 0 aliphatic heterocycles. The van der Waals surface area contributed by atoms with Crippen LogP contribution in [0.25, 0.3) is 75.8 Å². The van der Waals surface area contributed by atoms with E-state index in [9.17, 15) is 0 Å². The van der Waals surface area contributed by atoms with Crippen molar-refractivity contribution < 1.29 is 0 Å². The first-order valence-electron chi connectivity index (χ1n) is 15.7. The third kappa shape index (κ3) is 4.60. The van der Waals surface area contributed by atoms with E-state index >= 15 is 0 Å². The molecule has 0 saturated carbocycles. The van der Waals surface area contributed by atoms with Gasteiger partial charge in [0.1, 0.15) is 0 Å². The molecule has 0 nitrogen and oxygen atoms in total. The van der Waals surface area contributed by atoms with Gasteiger partial charge in [0.25, 0.3) is 0 Å². The SMILES string of the molecule is c1ccc(-c2cc(-c3ccccc3)cc(-c3ccc4c(c3)CCc3cc(-c5cccc6c5sc5ccccc56)ccc3-4)c2)cc1. The maximum Gasteiger partial charge on any atom is 0.0433 e. The van der Waals surface area contributed by atoms with Gasteiger partial charge < -0.3 is 0 Å². The molecule has 8 aromatic rings. The molecule has 1 aliphatic rings. The van der Waals surface area contributed by atoms with E-state index in [2.05, 4.69) is 158 Å². The Bertz CT molecular complexity index is 2300. The van der Waals surface area contributed by atoms with Crippen molar-refractivity contribution in [3.8, 4) is 55.6 Å². The fourth-order valence-electron chi connectivity index (χ4n) is 7.11. The van der Waals surface area contributed by atoms with Gasteiger partial charge in [-0.15, -0.1) is 11.3 Å². The molecule has 0 fully saturated rings. The molecule has 0 bridgehead atoms. The van der Waals surface area contributed by atoms with E-state index in [4.69, 9.17) is 0 Å². The Balaban J connectivity index is 1.11. The molecule has 0 radical (unpaired) electrons.